The smallest absolute Gasteiger partial charge is 0.303 e. The number of hydrogen-bond donors (Lipinski definition) is 1. The molecule has 0 saturated heterocycles. The number of nitrogens with zero attached hydrogens (tertiary/aromatic N) is 1. The molecule has 1 heterocycles. The summed E-state index contributed by atoms with van der Waals surface area (Å²) < 4.78 is 16.6. The molecule has 1 atom stereocenters. The number of hydrogen-bond acceptors (Lipinski definition) is 7. The monoisotopic (exact) mass is 510 g/mol. The Morgan fingerprint density at radius 1 is 1.25 bits per heavy atom. The number of halogens is 3. The van der Waals surface area contributed by atoms with E-state index in [0.29, 0.717) is 17.9 Å². The second-order valence-corrected chi connectivity index (χ2v) is 8.28. The van der Waals surface area contributed by atoms with E-state index in [0.717, 1.165) is 21.4 Å². The highest BCUT2D eigenvalue weighted by atomic mass is 79.9. The van der Waals surface area contributed by atoms with Crippen LogP contribution in [0.5, 0.6) is 11.5 Å². The van der Waals surface area contributed by atoms with Gasteiger partial charge in [0.05, 0.1) is 19.1 Å². The highest BCUT2D eigenvalue weighted by Gasteiger charge is 2.29. The average Bonchev–Trinajstić information content (AvgIpc) is 2.98. The number of nitrogens with one attached hydrogen (secondary N) is 1. The van der Waals surface area contributed by atoms with E-state index in [-0.39, 0.29) is 21.0 Å². The molecule has 0 aliphatic heterocycles. The Morgan fingerprint density at radius 2 is 1.89 bits per heavy atom. The first-order valence-electron chi connectivity index (χ1n) is 7.93. The van der Waals surface area contributed by atoms with Gasteiger partial charge in [0, 0.05) is 17.9 Å². The van der Waals surface area contributed by atoms with E-state index in [1.54, 1.807) is 20.3 Å². The zero-order chi connectivity index (χ0) is 20.8. The molecule has 1 aromatic heterocycles. The number of carbonyl (C=O) groups is 2. The van der Waals surface area contributed by atoms with Crippen molar-refractivity contribution in [1.29, 1.82) is 0 Å². The second kappa shape index (κ2) is 10.3. The summed E-state index contributed by atoms with van der Waals surface area (Å²) in [7, 11) is 3.10. The summed E-state index contributed by atoms with van der Waals surface area (Å²) in [6.45, 7) is 1.49. The topological polar surface area (TPSA) is 86.8 Å². The van der Waals surface area contributed by atoms with Gasteiger partial charge in [-0.15, -0.1) is 11.3 Å². The fraction of sp³-hybridized carbons (Fsp3) is 0.353. The summed E-state index contributed by atoms with van der Waals surface area (Å²) in [5, 5.41) is 2.76. The molecule has 1 N–H and O–H groups in total. The lowest BCUT2D eigenvalue weighted by Crippen LogP contribution is -2.33. The summed E-state index contributed by atoms with van der Waals surface area (Å²) in [4.78, 5) is 28.1. The Kier molecular flexibility index (Phi) is 8.36. The van der Waals surface area contributed by atoms with E-state index in [2.05, 4.69) is 26.2 Å². The minimum absolute atomic E-state index is 0.0269. The second-order valence-electron chi connectivity index (χ2n) is 5.45. The van der Waals surface area contributed by atoms with E-state index in [4.69, 9.17) is 37.4 Å². The van der Waals surface area contributed by atoms with E-state index >= 15 is 0 Å². The van der Waals surface area contributed by atoms with Crippen molar-refractivity contribution in [2.45, 2.75) is 19.4 Å². The number of amides is 1. The van der Waals surface area contributed by atoms with Crippen molar-refractivity contribution in [2.75, 3.05) is 20.8 Å². The molecule has 28 heavy (non-hydrogen) atoms. The molecule has 0 aliphatic carbocycles. The van der Waals surface area contributed by atoms with Crippen LogP contribution >= 0.6 is 50.5 Å². The molecule has 2 rings (SSSR count). The zero-order valence-corrected chi connectivity index (χ0v) is 19.1. The third kappa shape index (κ3) is 5.73. The summed E-state index contributed by atoms with van der Waals surface area (Å²) in [6, 6.07) is 3.61. The largest absolute Gasteiger partial charge is 0.493 e. The molecule has 1 unspecified atom stereocenters. The first-order chi connectivity index (χ1) is 13.3. The van der Waals surface area contributed by atoms with E-state index in [1.165, 1.54) is 6.92 Å². The maximum absolute atomic E-state index is 12.6. The van der Waals surface area contributed by atoms with Gasteiger partial charge in [-0.1, -0.05) is 39.1 Å². The molecule has 2 aromatic rings. The highest BCUT2D eigenvalue weighted by Crippen LogP contribution is 2.35. The van der Waals surface area contributed by atoms with Crippen molar-refractivity contribution in [2.24, 2.45) is 0 Å². The molecule has 152 valence electrons. The molecule has 0 saturated carbocycles. The third-order valence-corrected chi connectivity index (χ3v) is 5.93. The van der Waals surface area contributed by atoms with Gasteiger partial charge in [0.25, 0.3) is 5.91 Å². The molecule has 0 spiro atoms. The van der Waals surface area contributed by atoms with Gasteiger partial charge in [0.15, 0.2) is 16.0 Å². The number of aromatic nitrogens is 1. The lowest BCUT2D eigenvalue weighted by atomic mass is 10.1. The van der Waals surface area contributed by atoms with Crippen molar-refractivity contribution >= 4 is 62.3 Å². The predicted molar refractivity (Wildman–Crippen MR) is 111 cm³/mol. The summed E-state index contributed by atoms with van der Waals surface area (Å²) in [5.74, 6) is 0.0297. The van der Waals surface area contributed by atoms with Gasteiger partial charge < -0.3 is 19.5 Å². The fourth-order valence-corrected chi connectivity index (χ4v) is 4.30. The Balaban J connectivity index is 2.09. The number of benzene rings is 1. The van der Waals surface area contributed by atoms with E-state index in [9.17, 15) is 9.59 Å². The van der Waals surface area contributed by atoms with Gasteiger partial charge in [-0.2, -0.15) is 0 Å². The maximum Gasteiger partial charge on any atom is 0.303 e. The molecule has 0 radical (unpaired) electrons. The van der Waals surface area contributed by atoms with Gasteiger partial charge in [-0.05, 0) is 24.1 Å². The van der Waals surface area contributed by atoms with Crippen molar-refractivity contribution < 1.29 is 23.8 Å². The summed E-state index contributed by atoms with van der Waals surface area (Å²) >= 11 is 16.3. The van der Waals surface area contributed by atoms with Crippen molar-refractivity contribution in [3.05, 3.63) is 36.7 Å². The highest BCUT2D eigenvalue weighted by molar-refractivity contribution is 9.10. The molecule has 11 heteroatoms. The van der Waals surface area contributed by atoms with Crippen LogP contribution in [0, 0.1) is 0 Å². The van der Waals surface area contributed by atoms with Gasteiger partial charge >= 0.3 is 5.97 Å². The molecule has 1 aromatic carbocycles. The van der Waals surface area contributed by atoms with Gasteiger partial charge in [0.1, 0.15) is 5.15 Å². The Bertz CT molecular complexity index is 877. The van der Waals surface area contributed by atoms with Crippen LogP contribution < -0.4 is 14.8 Å². The van der Waals surface area contributed by atoms with Crippen LogP contribution in [0.2, 0.25) is 9.62 Å². The minimum Gasteiger partial charge on any atom is -0.493 e. The first kappa shape index (κ1) is 22.7. The molecule has 7 nitrogen and oxygen atoms in total. The number of thiazole rings is 1. The number of ether oxygens (including phenoxy) is 3. The van der Waals surface area contributed by atoms with Gasteiger partial charge in [-0.3, -0.25) is 9.59 Å². The molecule has 1 amide bonds. The van der Waals surface area contributed by atoms with Gasteiger partial charge in [-0.25, -0.2) is 4.98 Å². The molecule has 0 aliphatic rings. The Labute approximate surface area is 184 Å². The zero-order valence-electron chi connectivity index (χ0n) is 15.2. The predicted octanol–water partition coefficient (Wildman–Crippen LogP) is 4.19. The molecular weight excluding hydrogens is 495 g/mol. The molecular formula is C17H17BrCl2N2O5S. The number of esters is 1. The quantitative estimate of drug-likeness (QED) is 0.534. The van der Waals surface area contributed by atoms with Crippen LogP contribution in [-0.2, 0) is 20.7 Å². The van der Waals surface area contributed by atoms with Crippen molar-refractivity contribution in [3.63, 3.8) is 0 Å². The SMILES string of the molecule is COc1cc(Br)c(CCNC(=O)C(OC(C)=O)c2sc(Cl)nc2Cl)cc1OC. The average molecular weight is 512 g/mol. The first-order valence-corrected chi connectivity index (χ1v) is 10.3. The lowest BCUT2D eigenvalue weighted by molar-refractivity contribution is -0.154. The van der Waals surface area contributed by atoms with Crippen molar-refractivity contribution in [3.8, 4) is 11.5 Å². The Morgan fingerprint density at radius 3 is 2.43 bits per heavy atom. The van der Waals surface area contributed by atoms with Crippen LogP contribution in [0.25, 0.3) is 0 Å². The lowest BCUT2D eigenvalue weighted by Gasteiger charge is -2.16. The van der Waals surface area contributed by atoms with Crippen LogP contribution in [-0.4, -0.2) is 37.6 Å². The van der Waals surface area contributed by atoms with Crippen LogP contribution in [0.1, 0.15) is 23.5 Å². The van der Waals surface area contributed by atoms with Crippen LogP contribution in [0.4, 0.5) is 0 Å². The van der Waals surface area contributed by atoms with Crippen LogP contribution in [0.3, 0.4) is 0 Å². The van der Waals surface area contributed by atoms with Crippen molar-refractivity contribution in [1.82, 2.24) is 10.3 Å². The number of rotatable bonds is 8. The molecule has 0 bridgehead atoms. The Hall–Kier alpha value is -1.55. The fourth-order valence-electron chi connectivity index (χ4n) is 2.34. The van der Waals surface area contributed by atoms with E-state index < -0.39 is 18.0 Å². The summed E-state index contributed by atoms with van der Waals surface area (Å²) in [5.41, 5.74) is 0.904. The third-order valence-electron chi connectivity index (χ3n) is 3.59. The minimum atomic E-state index is -1.22. The standard InChI is InChI=1S/C17H17BrCl2N2O5S/c1-8(23)27-13(14-15(19)22-17(20)28-14)16(24)21-5-4-9-6-11(25-2)12(26-3)7-10(9)18/h6-7,13H,4-5H2,1-3H3,(H,21,24). The van der Waals surface area contributed by atoms with E-state index in [1.807, 2.05) is 6.07 Å². The normalized spacial score (nSPS) is 11.6. The number of methoxy groups -OCH3 is 2. The molecule has 0 fully saturated rings. The number of carbonyl (C=O) groups excluding carboxylic acids is 2. The maximum atomic E-state index is 12.6. The van der Waals surface area contributed by atoms with Crippen LogP contribution in [0.15, 0.2) is 16.6 Å². The van der Waals surface area contributed by atoms with Gasteiger partial charge in [0.2, 0.25) is 6.10 Å². The summed E-state index contributed by atoms with van der Waals surface area (Å²) in [6.07, 6.45) is -0.722.